The quantitative estimate of drug-likeness (QED) is 0.309. The van der Waals surface area contributed by atoms with Crippen LogP contribution in [0.1, 0.15) is 41.7 Å². The number of hydrogen-bond acceptors (Lipinski definition) is 8. The van der Waals surface area contributed by atoms with E-state index in [9.17, 15) is 19.5 Å². The number of ether oxygens (including phenoxy) is 1. The molecule has 0 spiro atoms. The van der Waals surface area contributed by atoms with Crippen LogP contribution in [0.5, 0.6) is 5.75 Å². The van der Waals surface area contributed by atoms with Crippen LogP contribution in [0, 0.1) is 5.92 Å². The van der Waals surface area contributed by atoms with Gasteiger partial charge in [-0.05, 0) is 42.8 Å². The molecule has 2 heterocycles. The van der Waals surface area contributed by atoms with E-state index in [1.807, 2.05) is 0 Å². The van der Waals surface area contributed by atoms with Crippen LogP contribution in [0.3, 0.4) is 0 Å². The van der Waals surface area contributed by atoms with Gasteiger partial charge in [0.25, 0.3) is 0 Å². The number of carbonyl (C=O) groups excluding carboxylic acids is 2. The molecule has 1 saturated carbocycles. The lowest BCUT2D eigenvalue weighted by atomic mass is 9.95. The smallest absolute Gasteiger partial charge is 0.325 e. The first-order chi connectivity index (χ1) is 16.4. The standard InChI is InChI=1S/C22H23N5O5S2/c1-32-13-6-7-15(14(10-13)18(30)12-4-2-3-5-12)25-20(31)27-22-26-16(11-17(28)29)19(34-22)33-21-23-8-9-24-21/h6-10,12H,2-5,11H2,1H3,(H,23,24)(H,28,29)(H2,25,26,27,31). The van der Waals surface area contributed by atoms with Crippen molar-refractivity contribution in [1.29, 1.82) is 0 Å². The van der Waals surface area contributed by atoms with Crippen LogP contribution in [0.2, 0.25) is 0 Å². The van der Waals surface area contributed by atoms with Crippen LogP contribution >= 0.6 is 23.1 Å². The minimum atomic E-state index is -1.03. The molecule has 3 aromatic rings. The van der Waals surface area contributed by atoms with Crippen molar-refractivity contribution in [1.82, 2.24) is 15.0 Å². The molecule has 1 aromatic carbocycles. The molecule has 0 bridgehead atoms. The summed E-state index contributed by atoms with van der Waals surface area (Å²) < 4.78 is 5.87. The van der Waals surface area contributed by atoms with Gasteiger partial charge in [0.05, 0.1) is 29.1 Å². The molecule has 1 fully saturated rings. The topological polar surface area (TPSA) is 146 Å². The first-order valence-electron chi connectivity index (χ1n) is 10.6. The lowest BCUT2D eigenvalue weighted by molar-refractivity contribution is -0.136. The molecule has 1 aliphatic rings. The summed E-state index contributed by atoms with van der Waals surface area (Å²) in [6.45, 7) is 0. The zero-order valence-electron chi connectivity index (χ0n) is 18.3. The number of anilines is 2. The highest BCUT2D eigenvalue weighted by molar-refractivity contribution is 8.01. The van der Waals surface area contributed by atoms with Gasteiger partial charge in [0.2, 0.25) is 0 Å². The Kier molecular flexibility index (Phi) is 7.48. The second-order valence-electron chi connectivity index (χ2n) is 7.66. The highest BCUT2D eigenvalue weighted by Crippen LogP contribution is 2.36. The van der Waals surface area contributed by atoms with Crippen LogP contribution in [-0.2, 0) is 11.2 Å². The Bertz CT molecular complexity index is 1190. The molecule has 1 aliphatic carbocycles. The number of Topliss-reactive ketones (excluding diaryl/α,β-unsaturated/α-hetero) is 1. The molecule has 34 heavy (non-hydrogen) atoms. The zero-order chi connectivity index (χ0) is 24.1. The van der Waals surface area contributed by atoms with Gasteiger partial charge in [-0.25, -0.2) is 14.8 Å². The Morgan fingerprint density at radius 3 is 2.74 bits per heavy atom. The number of hydrogen-bond donors (Lipinski definition) is 4. The van der Waals surface area contributed by atoms with Crippen molar-refractivity contribution in [3.8, 4) is 5.75 Å². The van der Waals surface area contributed by atoms with Crippen molar-refractivity contribution >= 4 is 51.7 Å². The Balaban J connectivity index is 1.51. The maximum Gasteiger partial charge on any atom is 0.325 e. The number of rotatable bonds is 9. The van der Waals surface area contributed by atoms with Crippen molar-refractivity contribution in [3.05, 3.63) is 41.9 Å². The minimum Gasteiger partial charge on any atom is -0.497 e. The predicted molar refractivity (Wildman–Crippen MR) is 128 cm³/mol. The molecule has 12 heteroatoms. The van der Waals surface area contributed by atoms with Gasteiger partial charge in [-0.1, -0.05) is 24.2 Å². The number of ketones is 1. The van der Waals surface area contributed by atoms with E-state index < -0.39 is 12.0 Å². The number of carbonyl (C=O) groups is 3. The number of thiazole rings is 1. The van der Waals surface area contributed by atoms with Crippen LogP contribution in [0.15, 0.2) is 40.0 Å². The summed E-state index contributed by atoms with van der Waals surface area (Å²) in [6.07, 6.45) is 6.67. The third-order valence-electron chi connectivity index (χ3n) is 5.33. The van der Waals surface area contributed by atoms with Crippen molar-refractivity contribution in [2.45, 2.75) is 41.5 Å². The number of aromatic amines is 1. The Morgan fingerprint density at radius 2 is 2.06 bits per heavy atom. The van der Waals surface area contributed by atoms with Crippen molar-refractivity contribution in [3.63, 3.8) is 0 Å². The van der Waals surface area contributed by atoms with Crippen molar-refractivity contribution < 1.29 is 24.2 Å². The van der Waals surface area contributed by atoms with E-state index in [-0.39, 0.29) is 23.3 Å². The normalized spacial score (nSPS) is 13.6. The van der Waals surface area contributed by atoms with Gasteiger partial charge >= 0.3 is 12.0 Å². The number of urea groups is 1. The molecule has 10 nitrogen and oxygen atoms in total. The van der Waals surface area contributed by atoms with E-state index >= 15 is 0 Å². The van der Waals surface area contributed by atoms with Crippen LogP contribution in [-0.4, -0.2) is 45.0 Å². The highest BCUT2D eigenvalue weighted by Gasteiger charge is 2.27. The lowest BCUT2D eigenvalue weighted by Gasteiger charge is -2.15. The number of amides is 2. The van der Waals surface area contributed by atoms with Gasteiger partial charge in [0.1, 0.15) is 5.75 Å². The number of carboxylic acid groups (broad SMARTS) is 1. The molecule has 4 rings (SSSR count). The SMILES string of the molecule is COc1ccc(NC(=O)Nc2nc(CC(=O)O)c(Sc3ncc[nH]3)s2)c(C(=O)C2CCCC2)c1. The Labute approximate surface area is 203 Å². The predicted octanol–water partition coefficient (Wildman–Crippen LogP) is 4.67. The first-order valence-corrected chi connectivity index (χ1v) is 12.2. The van der Waals surface area contributed by atoms with Crippen molar-refractivity contribution in [2.75, 3.05) is 17.7 Å². The number of benzene rings is 1. The summed E-state index contributed by atoms with van der Waals surface area (Å²) in [5.74, 6) is -0.572. The summed E-state index contributed by atoms with van der Waals surface area (Å²) in [7, 11) is 1.52. The fourth-order valence-electron chi connectivity index (χ4n) is 3.74. The molecule has 4 N–H and O–H groups in total. The fourth-order valence-corrected chi connectivity index (χ4v) is 5.74. The van der Waals surface area contributed by atoms with E-state index in [2.05, 4.69) is 25.6 Å². The summed E-state index contributed by atoms with van der Waals surface area (Å²) in [6, 6.07) is 4.36. The van der Waals surface area contributed by atoms with Crippen LogP contribution < -0.4 is 15.4 Å². The summed E-state index contributed by atoms with van der Waals surface area (Å²) in [4.78, 5) is 48.4. The fraction of sp³-hybridized carbons (Fsp3) is 0.318. The highest BCUT2D eigenvalue weighted by atomic mass is 32.2. The molecular weight excluding hydrogens is 478 g/mol. The molecule has 0 atom stereocenters. The van der Waals surface area contributed by atoms with Gasteiger partial charge in [-0.2, -0.15) is 0 Å². The maximum absolute atomic E-state index is 13.1. The Morgan fingerprint density at radius 1 is 1.26 bits per heavy atom. The molecule has 178 valence electrons. The van der Waals surface area contributed by atoms with E-state index in [1.54, 1.807) is 30.6 Å². The number of aliphatic carboxylic acids is 1. The van der Waals surface area contributed by atoms with Crippen LogP contribution in [0.4, 0.5) is 15.6 Å². The molecule has 0 saturated heterocycles. The van der Waals surface area contributed by atoms with Gasteiger partial charge in [-0.15, -0.1) is 0 Å². The number of methoxy groups -OCH3 is 1. The average Bonchev–Trinajstić information content (AvgIpc) is 3.57. The van der Waals surface area contributed by atoms with Gasteiger partial charge in [0, 0.05) is 23.9 Å². The Hall–Kier alpha value is -3.38. The second kappa shape index (κ2) is 10.7. The monoisotopic (exact) mass is 501 g/mol. The molecule has 2 aromatic heterocycles. The zero-order valence-corrected chi connectivity index (χ0v) is 19.9. The average molecular weight is 502 g/mol. The van der Waals surface area contributed by atoms with Gasteiger partial charge in [0.15, 0.2) is 16.1 Å². The number of nitrogens with one attached hydrogen (secondary N) is 3. The third kappa shape index (κ3) is 5.75. The third-order valence-corrected chi connectivity index (χ3v) is 7.47. The number of carboxylic acids is 1. The minimum absolute atomic E-state index is 0.0122. The summed E-state index contributed by atoms with van der Waals surface area (Å²) in [5, 5.41) is 15.4. The van der Waals surface area contributed by atoms with Crippen molar-refractivity contribution in [2.24, 2.45) is 5.92 Å². The number of H-pyrrole nitrogens is 1. The summed E-state index contributed by atoms with van der Waals surface area (Å²) in [5.41, 5.74) is 1.11. The van der Waals surface area contributed by atoms with Gasteiger partial charge in [-0.3, -0.25) is 14.9 Å². The summed E-state index contributed by atoms with van der Waals surface area (Å²) >= 11 is 2.38. The van der Waals surface area contributed by atoms with E-state index in [0.717, 1.165) is 37.0 Å². The van der Waals surface area contributed by atoms with E-state index in [1.165, 1.54) is 18.9 Å². The molecule has 0 aliphatic heterocycles. The van der Waals surface area contributed by atoms with Crippen LogP contribution in [0.25, 0.3) is 0 Å². The molecule has 0 unspecified atom stereocenters. The largest absolute Gasteiger partial charge is 0.497 e. The number of nitrogens with zero attached hydrogens (tertiary/aromatic N) is 2. The maximum atomic E-state index is 13.1. The molecule has 0 radical (unpaired) electrons. The second-order valence-corrected chi connectivity index (χ2v) is 9.91. The lowest BCUT2D eigenvalue weighted by Crippen LogP contribution is -2.22. The van der Waals surface area contributed by atoms with E-state index in [0.29, 0.717) is 32.1 Å². The van der Waals surface area contributed by atoms with Gasteiger partial charge < -0.3 is 20.1 Å². The molecular formula is C22H23N5O5S2. The molecule has 2 amide bonds. The number of aromatic nitrogens is 3. The van der Waals surface area contributed by atoms with E-state index in [4.69, 9.17) is 4.74 Å². The number of imidazole rings is 1. The first kappa shape index (κ1) is 23.8.